The molecule has 0 aliphatic rings. The number of thiazole rings is 1. The van der Waals surface area contributed by atoms with Crippen LogP contribution in [0.4, 0.5) is 13.9 Å². The molecule has 152 valence electrons. The quantitative estimate of drug-likeness (QED) is 0.477. The highest BCUT2D eigenvalue weighted by atomic mass is 32.1. The van der Waals surface area contributed by atoms with Gasteiger partial charge in [0.25, 0.3) is 5.91 Å². The van der Waals surface area contributed by atoms with Crippen molar-refractivity contribution in [3.63, 3.8) is 0 Å². The van der Waals surface area contributed by atoms with E-state index in [1.54, 1.807) is 18.2 Å². The summed E-state index contributed by atoms with van der Waals surface area (Å²) in [6.07, 6.45) is 1.34. The van der Waals surface area contributed by atoms with Crippen molar-refractivity contribution in [1.29, 1.82) is 0 Å². The number of hydrogen-bond donors (Lipinski definition) is 2. The minimum atomic E-state index is -0.747. The highest BCUT2D eigenvalue weighted by molar-refractivity contribution is 7.22. The Labute approximate surface area is 172 Å². The van der Waals surface area contributed by atoms with Crippen LogP contribution < -0.4 is 14.8 Å². The number of aromatic hydroxyl groups is 1. The topological polar surface area (TPSA) is 93.6 Å². The van der Waals surface area contributed by atoms with Crippen LogP contribution in [-0.4, -0.2) is 28.1 Å². The van der Waals surface area contributed by atoms with Crippen molar-refractivity contribution in [3.8, 4) is 23.0 Å². The molecule has 0 atom stereocenters. The monoisotopic (exact) mass is 429 g/mol. The van der Waals surface area contributed by atoms with Crippen LogP contribution in [0.3, 0.4) is 0 Å². The molecule has 2 aromatic carbocycles. The lowest BCUT2D eigenvalue weighted by molar-refractivity contribution is 0.101. The number of benzene rings is 2. The Morgan fingerprint density at radius 2 is 1.87 bits per heavy atom. The average molecular weight is 429 g/mol. The van der Waals surface area contributed by atoms with Crippen molar-refractivity contribution >= 4 is 32.6 Å². The molecule has 2 N–H and O–H groups in total. The molecule has 4 aromatic rings. The van der Waals surface area contributed by atoms with Gasteiger partial charge in [-0.05, 0) is 12.1 Å². The first-order valence-electron chi connectivity index (χ1n) is 8.51. The standard InChI is InChI=1S/C20H13F2N3O4S/c1-28-15-4-5-23-17(18(15)26)19(27)25-20-24-14-3-2-12(9-16(14)30-20)29-13-7-10(21)6-11(22)8-13/h2-9,26H,1H3,(H,24,25,27). The van der Waals surface area contributed by atoms with Gasteiger partial charge in [-0.15, -0.1) is 0 Å². The van der Waals surface area contributed by atoms with Crippen LogP contribution in [0.15, 0.2) is 48.7 Å². The third-order valence-corrected chi connectivity index (χ3v) is 4.91. The van der Waals surface area contributed by atoms with Crippen LogP contribution in [-0.2, 0) is 0 Å². The number of pyridine rings is 1. The Morgan fingerprint density at radius 3 is 2.60 bits per heavy atom. The van der Waals surface area contributed by atoms with E-state index in [1.165, 1.54) is 19.4 Å². The number of hydrogen-bond acceptors (Lipinski definition) is 7. The summed E-state index contributed by atoms with van der Waals surface area (Å²) < 4.78 is 37.8. The van der Waals surface area contributed by atoms with Gasteiger partial charge in [0.1, 0.15) is 23.1 Å². The van der Waals surface area contributed by atoms with Crippen molar-refractivity contribution in [3.05, 3.63) is 66.0 Å². The van der Waals surface area contributed by atoms with Crippen LogP contribution in [0, 0.1) is 11.6 Å². The van der Waals surface area contributed by atoms with Crippen LogP contribution in [0.5, 0.6) is 23.0 Å². The SMILES string of the molecule is COc1ccnc(C(=O)Nc2nc3ccc(Oc4cc(F)cc(F)c4)cc3s2)c1O. The third kappa shape index (κ3) is 3.98. The Hall–Kier alpha value is -3.79. The lowest BCUT2D eigenvalue weighted by Crippen LogP contribution is -2.13. The van der Waals surface area contributed by atoms with E-state index in [2.05, 4.69) is 15.3 Å². The van der Waals surface area contributed by atoms with E-state index >= 15 is 0 Å². The van der Waals surface area contributed by atoms with E-state index in [0.717, 1.165) is 29.5 Å². The number of fused-ring (bicyclic) bond motifs is 1. The van der Waals surface area contributed by atoms with Crippen LogP contribution >= 0.6 is 11.3 Å². The molecule has 1 amide bonds. The summed E-state index contributed by atoms with van der Waals surface area (Å²) >= 11 is 1.16. The molecular formula is C20H13F2N3O4S. The van der Waals surface area contributed by atoms with Gasteiger partial charge in [0.2, 0.25) is 0 Å². The number of halogens is 2. The number of nitrogens with zero attached hydrogens (tertiary/aromatic N) is 2. The first-order chi connectivity index (χ1) is 14.4. The molecule has 2 heterocycles. The second-order valence-electron chi connectivity index (χ2n) is 6.02. The maximum absolute atomic E-state index is 13.3. The molecule has 0 fully saturated rings. The van der Waals surface area contributed by atoms with Crippen molar-refractivity contribution in [2.45, 2.75) is 0 Å². The number of anilines is 1. The number of rotatable bonds is 5. The molecule has 0 bridgehead atoms. The molecule has 0 saturated heterocycles. The van der Waals surface area contributed by atoms with E-state index in [9.17, 15) is 18.7 Å². The second-order valence-corrected chi connectivity index (χ2v) is 7.05. The summed E-state index contributed by atoms with van der Waals surface area (Å²) in [7, 11) is 1.36. The number of methoxy groups -OCH3 is 1. The summed E-state index contributed by atoms with van der Waals surface area (Å²) in [6.45, 7) is 0. The van der Waals surface area contributed by atoms with E-state index in [4.69, 9.17) is 9.47 Å². The fourth-order valence-corrected chi connectivity index (χ4v) is 3.56. The van der Waals surface area contributed by atoms with Gasteiger partial charge in [-0.1, -0.05) is 11.3 Å². The van der Waals surface area contributed by atoms with Crippen LogP contribution in [0.2, 0.25) is 0 Å². The molecule has 0 unspecified atom stereocenters. The van der Waals surface area contributed by atoms with Gasteiger partial charge in [0, 0.05) is 36.5 Å². The molecule has 0 saturated carbocycles. The fourth-order valence-electron chi connectivity index (χ4n) is 2.67. The molecule has 7 nitrogen and oxygen atoms in total. The van der Waals surface area contributed by atoms with E-state index in [-0.39, 0.29) is 28.1 Å². The molecule has 30 heavy (non-hydrogen) atoms. The maximum Gasteiger partial charge on any atom is 0.280 e. The zero-order chi connectivity index (χ0) is 21.3. The van der Waals surface area contributed by atoms with Crippen molar-refractivity contribution < 1.29 is 28.2 Å². The molecule has 4 rings (SSSR count). The Morgan fingerprint density at radius 1 is 1.10 bits per heavy atom. The lowest BCUT2D eigenvalue weighted by atomic mass is 10.3. The van der Waals surface area contributed by atoms with Crippen LogP contribution in [0.1, 0.15) is 10.5 Å². The van der Waals surface area contributed by atoms with Crippen molar-refractivity contribution in [2.24, 2.45) is 0 Å². The van der Waals surface area contributed by atoms with E-state index in [1.807, 2.05) is 0 Å². The van der Waals surface area contributed by atoms with Gasteiger partial charge in [-0.25, -0.2) is 18.7 Å². The van der Waals surface area contributed by atoms with Gasteiger partial charge in [-0.3, -0.25) is 10.1 Å². The molecule has 0 radical (unpaired) electrons. The first kappa shape index (κ1) is 19.5. The highest BCUT2D eigenvalue weighted by Crippen LogP contribution is 2.33. The van der Waals surface area contributed by atoms with E-state index < -0.39 is 17.5 Å². The summed E-state index contributed by atoms with van der Waals surface area (Å²) in [5.74, 6) is -2.04. The third-order valence-electron chi connectivity index (χ3n) is 3.97. The number of nitrogens with one attached hydrogen (secondary N) is 1. The molecule has 0 aliphatic carbocycles. The molecule has 10 heteroatoms. The number of aromatic nitrogens is 2. The van der Waals surface area contributed by atoms with Gasteiger partial charge in [0.15, 0.2) is 22.3 Å². The summed E-state index contributed by atoms with van der Waals surface area (Å²) in [6, 6.07) is 9.18. The Balaban J connectivity index is 1.56. The summed E-state index contributed by atoms with van der Waals surface area (Å²) in [5.41, 5.74) is 0.377. The van der Waals surface area contributed by atoms with Gasteiger partial charge in [0.05, 0.1) is 17.3 Å². The Bertz CT molecular complexity index is 1240. The average Bonchev–Trinajstić information content (AvgIpc) is 3.08. The number of ether oxygens (including phenoxy) is 2. The number of carbonyl (C=O) groups is 1. The largest absolute Gasteiger partial charge is 0.503 e. The molecule has 2 aromatic heterocycles. The normalized spacial score (nSPS) is 10.8. The minimum absolute atomic E-state index is 0.0180. The highest BCUT2D eigenvalue weighted by Gasteiger charge is 2.18. The van der Waals surface area contributed by atoms with Crippen molar-refractivity contribution in [2.75, 3.05) is 12.4 Å². The zero-order valence-electron chi connectivity index (χ0n) is 15.3. The summed E-state index contributed by atoms with van der Waals surface area (Å²) in [4.78, 5) is 20.6. The first-order valence-corrected chi connectivity index (χ1v) is 9.32. The molecule has 0 spiro atoms. The van der Waals surface area contributed by atoms with Gasteiger partial charge < -0.3 is 14.6 Å². The predicted octanol–water partition coefficient (Wildman–Crippen LogP) is 4.73. The zero-order valence-corrected chi connectivity index (χ0v) is 16.2. The van der Waals surface area contributed by atoms with Crippen molar-refractivity contribution in [1.82, 2.24) is 9.97 Å². The van der Waals surface area contributed by atoms with Gasteiger partial charge >= 0.3 is 0 Å². The Kier molecular flexibility index (Phi) is 5.15. The maximum atomic E-state index is 13.3. The number of amides is 1. The fraction of sp³-hybridized carbons (Fsp3) is 0.0500. The van der Waals surface area contributed by atoms with Crippen LogP contribution in [0.25, 0.3) is 10.2 Å². The van der Waals surface area contributed by atoms with E-state index in [0.29, 0.717) is 16.0 Å². The minimum Gasteiger partial charge on any atom is -0.503 e. The molecular weight excluding hydrogens is 416 g/mol. The summed E-state index contributed by atoms with van der Waals surface area (Å²) in [5, 5.41) is 12.9. The predicted molar refractivity (Wildman–Crippen MR) is 106 cm³/mol. The molecule has 0 aliphatic heterocycles. The second kappa shape index (κ2) is 7.91. The van der Waals surface area contributed by atoms with Gasteiger partial charge in [-0.2, -0.15) is 0 Å². The number of carbonyl (C=O) groups excluding carboxylic acids is 1. The lowest BCUT2D eigenvalue weighted by Gasteiger charge is -2.06. The smallest absolute Gasteiger partial charge is 0.280 e.